The van der Waals surface area contributed by atoms with Crippen LogP contribution in [0, 0.1) is 4.77 Å². The van der Waals surface area contributed by atoms with E-state index in [2.05, 4.69) is 21.3 Å². The van der Waals surface area contributed by atoms with Crippen molar-refractivity contribution < 1.29 is 4.74 Å². The van der Waals surface area contributed by atoms with Gasteiger partial charge in [-0.15, -0.1) is 5.10 Å². The minimum absolute atomic E-state index is 0.567. The number of ether oxygens (including phenoxy) is 1. The van der Waals surface area contributed by atoms with Crippen LogP contribution in [0.15, 0.2) is 18.2 Å². The summed E-state index contributed by atoms with van der Waals surface area (Å²) < 4.78 is 10.1. The Morgan fingerprint density at radius 1 is 1.23 bits per heavy atom. The summed E-state index contributed by atoms with van der Waals surface area (Å²) in [7, 11) is 2.03. The van der Waals surface area contributed by atoms with Crippen molar-refractivity contribution >= 4 is 41.4 Å². The highest BCUT2D eigenvalue weighted by Gasteiger charge is 2.19. The Morgan fingerprint density at radius 2 is 1.96 bits per heavy atom. The number of morpholine rings is 1. The standard InChI is InChI=1S/C17H23Cl2N5OS/c1-3-23-16(22-6-8-25-9-7-22)20-24(17(23)26)12-21(2)11-13-4-5-14(18)15(19)10-13/h4-5,10H,3,6-9,11-12H2,1-2H3. The third kappa shape index (κ3) is 4.40. The van der Waals surface area contributed by atoms with Crippen LogP contribution in [0.1, 0.15) is 12.5 Å². The van der Waals surface area contributed by atoms with E-state index in [1.807, 2.05) is 29.9 Å². The number of anilines is 1. The summed E-state index contributed by atoms with van der Waals surface area (Å²) in [5.41, 5.74) is 1.09. The van der Waals surface area contributed by atoms with E-state index in [1.54, 1.807) is 0 Å². The molecule has 6 nitrogen and oxygen atoms in total. The molecule has 1 aliphatic rings. The number of hydrogen-bond acceptors (Lipinski definition) is 5. The molecule has 0 unspecified atom stereocenters. The number of halogens is 2. The number of hydrogen-bond donors (Lipinski definition) is 0. The summed E-state index contributed by atoms with van der Waals surface area (Å²) in [5.74, 6) is 0.920. The van der Waals surface area contributed by atoms with E-state index in [0.29, 0.717) is 16.7 Å². The van der Waals surface area contributed by atoms with Crippen molar-refractivity contribution in [3.8, 4) is 0 Å². The molecule has 0 spiro atoms. The molecular weight excluding hydrogens is 393 g/mol. The Morgan fingerprint density at radius 3 is 2.62 bits per heavy atom. The van der Waals surface area contributed by atoms with Crippen molar-refractivity contribution in [1.82, 2.24) is 19.2 Å². The van der Waals surface area contributed by atoms with Gasteiger partial charge in [-0.05, 0) is 43.9 Å². The molecule has 0 saturated carbocycles. The summed E-state index contributed by atoms with van der Waals surface area (Å²) in [6.07, 6.45) is 0. The molecule has 1 aliphatic heterocycles. The molecule has 0 atom stereocenters. The van der Waals surface area contributed by atoms with Crippen LogP contribution in [0.2, 0.25) is 10.0 Å². The lowest BCUT2D eigenvalue weighted by molar-refractivity contribution is 0.121. The van der Waals surface area contributed by atoms with Gasteiger partial charge in [0.2, 0.25) is 10.7 Å². The molecule has 0 radical (unpaired) electrons. The van der Waals surface area contributed by atoms with Gasteiger partial charge in [0.05, 0.1) is 29.9 Å². The smallest absolute Gasteiger partial charge is 0.226 e. The highest BCUT2D eigenvalue weighted by atomic mass is 35.5. The van der Waals surface area contributed by atoms with Gasteiger partial charge in [0.15, 0.2) is 0 Å². The first-order valence-corrected chi connectivity index (χ1v) is 9.78. The Kier molecular flexibility index (Phi) is 6.58. The van der Waals surface area contributed by atoms with E-state index in [1.165, 1.54) is 0 Å². The molecular formula is C17H23Cl2N5OS. The molecule has 3 rings (SSSR count). The second kappa shape index (κ2) is 8.71. The first-order valence-electron chi connectivity index (χ1n) is 8.62. The van der Waals surface area contributed by atoms with E-state index in [0.717, 1.165) is 55.7 Å². The van der Waals surface area contributed by atoms with E-state index in [9.17, 15) is 0 Å². The molecule has 2 aromatic rings. The third-order valence-electron chi connectivity index (χ3n) is 4.33. The van der Waals surface area contributed by atoms with Gasteiger partial charge in [-0.1, -0.05) is 29.3 Å². The monoisotopic (exact) mass is 415 g/mol. The molecule has 26 heavy (non-hydrogen) atoms. The predicted octanol–water partition coefficient (Wildman–Crippen LogP) is 3.67. The van der Waals surface area contributed by atoms with Crippen LogP contribution in [0.4, 0.5) is 5.95 Å². The van der Waals surface area contributed by atoms with Gasteiger partial charge in [0, 0.05) is 26.2 Å². The molecule has 1 saturated heterocycles. The molecule has 2 heterocycles. The summed E-state index contributed by atoms with van der Waals surface area (Å²) in [6, 6.07) is 5.69. The van der Waals surface area contributed by atoms with Gasteiger partial charge in [-0.3, -0.25) is 9.47 Å². The zero-order valence-electron chi connectivity index (χ0n) is 15.0. The minimum atomic E-state index is 0.567. The maximum absolute atomic E-state index is 6.11. The van der Waals surface area contributed by atoms with Crippen molar-refractivity contribution in [2.24, 2.45) is 0 Å². The first kappa shape index (κ1) is 19.6. The topological polar surface area (TPSA) is 38.5 Å². The first-order chi connectivity index (χ1) is 12.5. The van der Waals surface area contributed by atoms with Crippen molar-refractivity contribution in [3.63, 3.8) is 0 Å². The van der Waals surface area contributed by atoms with E-state index >= 15 is 0 Å². The molecule has 0 bridgehead atoms. The largest absolute Gasteiger partial charge is 0.378 e. The normalized spacial score (nSPS) is 15.0. The number of benzene rings is 1. The predicted molar refractivity (Wildman–Crippen MR) is 108 cm³/mol. The summed E-state index contributed by atoms with van der Waals surface area (Å²) in [6.45, 7) is 7.33. The van der Waals surface area contributed by atoms with Crippen molar-refractivity contribution in [3.05, 3.63) is 38.6 Å². The van der Waals surface area contributed by atoms with Crippen LogP contribution in [0.3, 0.4) is 0 Å². The lowest BCUT2D eigenvalue weighted by Crippen LogP contribution is -2.38. The molecule has 1 aromatic carbocycles. The summed E-state index contributed by atoms with van der Waals surface area (Å²) >= 11 is 17.7. The van der Waals surface area contributed by atoms with E-state index in [-0.39, 0.29) is 0 Å². The molecule has 142 valence electrons. The molecule has 9 heteroatoms. The van der Waals surface area contributed by atoms with Crippen LogP contribution in [0.5, 0.6) is 0 Å². The van der Waals surface area contributed by atoms with E-state index < -0.39 is 0 Å². The zero-order chi connectivity index (χ0) is 18.7. The maximum atomic E-state index is 6.11. The quantitative estimate of drug-likeness (QED) is 0.672. The lowest BCUT2D eigenvalue weighted by atomic mass is 10.2. The average Bonchev–Trinajstić information content (AvgIpc) is 2.94. The Bertz CT molecular complexity index is 816. The molecule has 0 amide bonds. The third-order valence-corrected chi connectivity index (χ3v) is 5.50. The van der Waals surface area contributed by atoms with Crippen molar-refractivity contribution in [1.29, 1.82) is 0 Å². The fraction of sp³-hybridized carbons (Fsp3) is 0.529. The number of nitrogens with zero attached hydrogens (tertiary/aromatic N) is 5. The van der Waals surface area contributed by atoms with Gasteiger partial charge in [0.25, 0.3) is 0 Å². The summed E-state index contributed by atoms with van der Waals surface area (Å²) in [5, 5.41) is 5.91. The molecule has 0 N–H and O–H groups in total. The van der Waals surface area contributed by atoms with Gasteiger partial charge >= 0.3 is 0 Å². The Balaban J connectivity index is 1.75. The van der Waals surface area contributed by atoms with Crippen LogP contribution in [-0.4, -0.2) is 52.6 Å². The lowest BCUT2D eigenvalue weighted by Gasteiger charge is -2.27. The highest BCUT2D eigenvalue weighted by molar-refractivity contribution is 7.71. The Hall–Kier alpha value is -1.12. The Labute approximate surface area is 168 Å². The average molecular weight is 416 g/mol. The minimum Gasteiger partial charge on any atom is -0.378 e. The molecule has 0 aliphatic carbocycles. The van der Waals surface area contributed by atoms with E-state index in [4.69, 9.17) is 45.3 Å². The van der Waals surface area contributed by atoms with Crippen LogP contribution >= 0.6 is 35.4 Å². The van der Waals surface area contributed by atoms with Crippen molar-refractivity contribution in [2.75, 3.05) is 38.3 Å². The van der Waals surface area contributed by atoms with Crippen LogP contribution in [0.25, 0.3) is 0 Å². The van der Waals surface area contributed by atoms with Gasteiger partial charge < -0.3 is 9.64 Å². The fourth-order valence-electron chi connectivity index (χ4n) is 3.02. The highest BCUT2D eigenvalue weighted by Crippen LogP contribution is 2.23. The van der Waals surface area contributed by atoms with Crippen LogP contribution < -0.4 is 4.90 Å². The second-order valence-electron chi connectivity index (χ2n) is 6.33. The maximum Gasteiger partial charge on any atom is 0.226 e. The van der Waals surface area contributed by atoms with Gasteiger partial charge in [-0.25, -0.2) is 4.68 Å². The van der Waals surface area contributed by atoms with Crippen LogP contribution in [-0.2, 0) is 24.5 Å². The molecule has 1 fully saturated rings. The van der Waals surface area contributed by atoms with Crippen molar-refractivity contribution in [2.45, 2.75) is 26.7 Å². The van der Waals surface area contributed by atoms with Gasteiger partial charge in [0.1, 0.15) is 0 Å². The SMILES string of the molecule is CCn1c(N2CCOCC2)nn(CN(C)Cc2ccc(Cl)c(Cl)c2)c1=S. The summed E-state index contributed by atoms with van der Waals surface area (Å²) in [4.78, 5) is 4.38. The second-order valence-corrected chi connectivity index (χ2v) is 7.51. The molecule has 1 aromatic heterocycles. The zero-order valence-corrected chi connectivity index (χ0v) is 17.3. The number of rotatable bonds is 6. The fourth-order valence-corrected chi connectivity index (χ4v) is 3.65. The number of aromatic nitrogens is 3. The van der Waals surface area contributed by atoms with Gasteiger partial charge in [-0.2, -0.15) is 0 Å².